The Balaban J connectivity index is 2.88. The van der Waals surface area contributed by atoms with E-state index in [0.29, 0.717) is 18.0 Å². The first-order chi connectivity index (χ1) is 7.13. The van der Waals surface area contributed by atoms with Crippen LogP contribution in [0.4, 0.5) is 5.69 Å². The second kappa shape index (κ2) is 5.01. The molecular weight excluding hydrogens is 192 g/mol. The molecule has 2 N–H and O–H groups in total. The molecule has 0 saturated heterocycles. The lowest BCUT2D eigenvalue weighted by Gasteiger charge is -1.97. The molecule has 0 radical (unpaired) electrons. The van der Waals surface area contributed by atoms with E-state index < -0.39 is 5.97 Å². The van der Waals surface area contributed by atoms with E-state index in [0.717, 1.165) is 5.69 Å². The number of carbonyl (C=O) groups excluding carboxylic acids is 1. The van der Waals surface area contributed by atoms with E-state index in [2.05, 4.69) is 21.6 Å². The molecule has 15 heavy (non-hydrogen) atoms. The van der Waals surface area contributed by atoms with Crippen molar-refractivity contribution in [3.63, 3.8) is 0 Å². The van der Waals surface area contributed by atoms with Crippen LogP contribution in [0.2, 0.25) is 0 Å². The Kier molecular flexibility index (Phi) is 3.69. The third kappa shape index (κ3) is 3.31. The highest BCUT2D eigenvalue weighted by Gasteiger charge is 1.98. The zero-order chi connectivity index (χ0) is 11.3. The minimum atomic E-state index is -0.569. The van der Waals surface area contributed by atoms with Crippen molar-refractivity contribution in [1.82, 2.24) is 4.98 Å². The van der Waals surface area contributed by atoms with Crippen LogP contribution >= 0.6 is 0 Å². The molecule has 0 saturated carbocycles. The van der Waals surface area contributed by atoms with E-state index in [1.165, 1.54) is 0 Å². The monoisotopic (exact) mass is 204 g/mol. The first kappa shape index (κ1) is 11.1. The molecule has 0 aliphatic rings. The molecule has 0 aliphatic carbocycles. The molecule has 4 heteroatoms. The fourth-order valence-corrected chi connectivity index (χ4v) is 0.945. The summed E-state index contributed by atoms with van der Waals surface area (Å²) >= 11 is 0. The van der Waals surface area contributed by atoms with Gasteiger partial charge in [-0.05, 0) is 31.9 Å². The number of esters is 1. The largest absolute Gasteiger partial charge is 0.456 e. The molecule has 1 aromatic heterocycles. The molecule has 0 unspecified atom stereocenters. The standard InChI is InChI=1S/C11H12N2O2/c1-3-15-11(14)7-6-10-9(12)5-4-8(2)13-10/h4-5H,3,12H2,1-2H3. The molecule has 0 aliphatic heterocycles. The Morgan fingerprint density at radius 3 is 3.00 bits per heavy atom. The Labute approximate surface area is 88.5 Å². The van der Waals surface area contributed by atoms with Gasteiger partial charge in [0.2, 0.25) is 0 Å². The number of nitrogen functional groups attached to an aromatic ring is 1. The molecule has 0 aromatic carbocycles. The van der Waals surface area contributed by atoms with Crippen molar-refractivity contribution in [3.8, 4) is 11.8 Å². The second-order valence-electron chi connectivity index (χ2n) is 2.86. The van der Waals surface area contributed by atoms with Gasteiger partial charge in [0.05, 0.1) is 12.3 Å². The van der Waals surface area contributed by atoms with Gasteiger partial charge in [-0.2, -0.15) is 0 Å². The van der Waals surface area contributed by atoms with Crippen molar-refractivity contribution in [2.24, 2.45) is 0 Å². The molecule has 1 heterocycles. The Morgan fingerprint density at radius 2 is 2.33 bits per heavy atom. The van der Waals surface area contributed by atoms with Gasteiger partial charge >= 0.3 is 5.97 Å². The maximum absolute atomic E-state index is 10.9. The first-order valence-corrected chi connectivity index (χ1v) is 4.55. The molecule has 78 valence electrons. The maximum atomic E-state index is 10.9. The SMILES string of the molecule is CCOC(=O)C#Cc1nc(C)ccc1N. The fraction of sp³-hybridized carbons (Fsp3) is 0.273. The van der Waals surface area contributed by atoms with Crippen molar-refractivity contribution in [3.05, 3.63) is 23.5 Å². The van der Waals surface area contributed by atoms with Gasteiger partial charge in [-0.15, -0.1) is 0 Å². The summed E-state index contributed by atoms with van der Waals surface area (Å²) in [5, 5.41) is 0. The second-order valence-corrected chi connectivity index (χ2v) is 2.86. The van der Waals surface area contributed by atoms with Crippen molar-refractivity contribution in [1.29, 1.82) is 0 Å². The number of carbonyl (C=O) groups is 1. The Bertz CT molecular complexity index is 430. The van der Waals surface area contributed by atoms with Crippen molar-refractivity contribution in [2.45, 2.75) is 13.8 Å². The summed E-state index contributed by atoms with van der Waals surface area (Å²) in [5.41, 5.74) is 7.30. The van der Waals surface area contributed by atoms with Crippen molar-refractivity contribution < 1.29 is 9.53 Å². The van der Waals surface area contributed by atoms with Crippen molar-refractivity contribution >= 4 is 11.7 Å². The highest BCUT2D eigenvalue weighted by atomic mass is 16.5. The van der Waals surface area contributed by atoms with Crippen LogP contribution in [0.5, 0.6) is 0 Å². The van der Waals surface area contributed by atoms with Gasteiger partial charge in [0.15, 0.2) is 0 Å². The lowest BCUT2D eigenvalue weighted by molar-refractivity contribution is -0.136. The summed E-state index contributed by atoms with van der Waals surface area (Å²) in [5.74, 6) is 4.32. The maximum Gasteiger partial charge on any atom is 0.384 e. The topological polar surface area (TPSA) is 65.2 Å². The smallest absolute Gasteiger partial charge is 0.384 e. The number of aromatic nitrogens is 1. The van der Waals surface area contributed by atoms with Gasteiger partial charge in [0, 0.05) is 11.6 Å². The normalized spacial score (nSPS) is 8.93. The van der Waals surface area contributed by atoms with Crippen LogP contribution in [-0.4, -0.2) is 17.6 Å². The minimum Gasteiger partial charge on any atom is -0.456 e. The average Bonchev–Trinajstić information content (AvgIpc) is 2.20. The quantitative estimate of drug-likeness (QED) is 0.545. The zero-order valence-electron chi connectivity index (χ0n) is 8.70. The average molecular weight is 204 g/mol. The molecule has 1 aromatic rings. The number of anilines is 1. The molecule has 0 atom stereocenters. The number of hydrogen-bond donors (Lipinski definition) is 1. The summed E-state index contributed by atoms with van der Waals surface area (Å²) in [6.07, 6.45) is 0. The third-order valence-electron chi connectivity index (χ3n) is 1.62. The number of hydrogen-bond acceptors (Lipinski definition) is 4. The van der Waals surface area contributed by atoms with E-state index in [-0.39, 0.29) is 0 Å². The molecule has 4 nitrogen and oxygen atoms in total. The highest BCUT2D eigenvalue weighted by Crippen LogP contribution is 2.07. The number of nitrogens with two attached hydrogens (primary N) is 1. The number of rotatable bonds is 1. The Hall–Kier alpha value is -2.02. The molecule has 0 amide bonds. The summed E-state index contributed by atoms with van der Waals surface area (Å²) in [7, 11) is 0. The Morgan fingerprint density at radius 1 is 1.60 bits per heavy atom. The van der Waals surface area contributed by atoms with E-state index >= 15 is 0 Å². The highest BCUT2D eigenvalue weighted by molar-refractivity contribution is 5.89. The van der Waals surface area contributed by atoms with Gasteiger partial charge in [-0.25, -0.2) is 9.78 Å². The van der Waals surface area contributed by atoms with E-state index in [1.807, 2.05) is 6.92 Å². The fourth-order valence-electron chi connectivity index (χ4n) is 0.945. The summed E-state index contributed by atoms with van der Waals surface area (Å²) in [4.78, 5) is 15.0. The summed E-state index contributed by atoms with van der Waals surface area (Å²) in [6, 6.07) is 3.49. The number of ether oxygens (including phenoxy) is 1. The minimum absolute atomic E-state index is 0.310. The predicted octanol–water partition coefficient (Wildman–Crippen LogP) is 0.887. The molecule has 0 bridgehead atoms. The van der Waals surface area contributed by atoms with E-state index in [4.69, 9.17) is 5.73 Å². The number of aryl methyl sites for hydroxylation is 1. The number of nitrogens with zero attached hydrogens (tertiary/aromatic N) is 1. The lowest BCUT2D eigenvalue weighted by Crippen LogP contribution is -2.01. The van der Waals surface area contributed by atoms with Crippen LogP contribution in [0, 0.1) is 18.8 Å². The van der Waals surface area contributed by atoms with Crippen LogP contribution in [0.15, 0.2) is 12.1 Å². The van der Waals surface area contributed by atoms with Gasteiger partial charge in [0.25, 0.3) is 0 Å². The third-order valence-corrected chi connectivity index (χ3v) is 1.62. The first-order valence-electron chi connectivity index (χ1n) is 4.55. The van der Waals surface area contributed by atoms with Gasteiger partial charge in [-0.3, -0.25) is 0 Å². The van der Waals surface area contributed by atoms with E-state index in [1.54, 1.807) is 19.1 Å². The molecule has 0 spiro atoms. The summed E-state index contributed by atoms with van der Waals surface area (Å²) in [6.45, 7) is 3.86. The zero-order valence-corrected chi connectivity index (χ0v) is 8.70. The van der Waals surface area contributed by atoms with Gasteiger partial charge in [-0.1, -0.05) is 0 Å². The number of pyridine rings is 1. The predicted molar refractivity (Wildman–Crippen MR) is 56.9 cm³/mol. The molecule has 1 rings (SSSR count). The lowest BCUT2D eigenvalue weighted by atomic mass is 10.2. The van der Waals surface area contributed by atoms with Gasteiger partial charge in [0.1, 0.15) is 5.69 Å². The van der Waals surface area contributed by atoms with Crippen LogP contribution in [-0.2, 0) is 9.53 Å². The van der Waals surface area contributed by atoms with Gasteiger partial charge < -0.3 is 10.5 Å². The van der Waals surface area contributed by atoms with Crippen LogP contribution in [0.25, 0.3) is 0 Å². The van der Waals surface area contributed by atoms with Crippen LogP contribution in [0.3, 0.4) is 0 Å². The summed E-state index contributed by atoms with van der Waals surface area (Å²) < 4.78 is 4.65. The van der Waals surface area contributed by atoms with Crippen LogP contribution < -0.4 is 5.73 Å². The van der Waals surface area contributed by atoms with Crippen molar-refractivity contribution in [2.75, 3.05) is 12.3 Å². The molecular formula is C11H12N2O2. The van der Waals surface area contributed by atoms with E-state index in [9.17, 15) is 4.79 Å². The molecule has 0 fully saturated rings. The van der Waals surface area contributed by atoms with Crippen LogP contribution in [0.1, 0.15) is 18.3 Å².